The summed E-state index contributed by atoms with van der Waals surface area (Å²) >= 11 is 1.40. The predicted molar refractivity (Wildman–Crippen MR) is 124 cm³/mol. The van der Waals surface area contributed by atoms with Crippen molar-refractivity contribution in [2.45, 2.75) is 57.2 Å². The lowest BCUT2D eigenvalue weighted by atomic mass is 9.67. The average molecular weight is 501 g/mol. The Bertz CT molecular complexity index is 1320. The van der Waals surface area contributed by atoms with Gasteiger partial charge in [-0.2, -0.15) is 13.2 Å². The molecule has 2 spiro atoms. The molecule has 3 aromatic rings. The summed E-state index contributed by atoms with van der Waals surface area (Å²) in [7, 11) is 0. The molecular weight excluding hydrogens is 477 g/mol. The van der Waals surface area contributed by atoms with Gasteiger partial charge in [-0.1, -0.05) is 6.07 Å². The monoisotopic (exact) mass is 500 g/mol. The van der Waals surface area contributed by atoms with Crippen molar-refractivity contribution < 1.29 is 23.1 Å². The molecule has 0 unspecified atom stereocenters. The number of nitrogens with zero attached hydrogens (tertiary/aromatic N) is 3. The van der Waals surface area contributed by atoms with Crippen LogP contribution >= 0.6 is 11.3 Å². The molecule has 0 radical (unpaired) electrons. The van der Waals surface area contributed by atoms with Gasteiger partial charge in [0.05, 0.1) is 4.88 Å². The molecule has 3 aliphatic rings. The van der Waals surface area contributed by atoms with Crippen molar-refractivity contribution in [2.24, 2.45) is 10.8 Å². The average Bonchev–Trinajstić information content (AvgIpc) is 3.68. The lowest BCUT2D eigenvalue weighted by Crippen LogP contribution is -2.45. The number of hydrogen-bond donors (Lipinski definition) is 2. The van der Waals surface area contributed by atoms with E-state index in [2.05, 4.69) is 20.3 Å². The number of hydrogen-bond acceptors (Lipinski definition) is 7. The minimum atomic E-state index is -4.56. The molecule has 0 atom stereocenters. The molecule has 3 aliphatic carbocycles. The number of aliphatic hydroxyl groups is 1. The molecule has 3 saturated carbocycles. The lowest BCUT2D eigenvalue weighted by Gasteiger charge is -2.39. The van der Waals surface area contributed by atoms with E-state index in [1.54, 1.807) is 18.3 Å². The van der Waals surface area contributed by atoms with E-state index in [1.165, 1.54) is 11.3 Å². The smallest absolute Gasteiger partial charge is 0.383 e. The summed E-state index contributed by atoms with van der Waals surface area (Å²) in [5.74, 6) is 0.199. The van der Waals surface area contributed by atoms with E-state index < -0.39 is 17.5 Å². The zero-order chi connectivity index (χ0) is 24.6. The van der Waals surface area contributed by atoms with Crippen LogP contribution in [0.5, 0.6) is 0 Å². The molecule has 182 valence electrons. The molecule has 2 N–H and O–H groups in total. The Kier molecular flexibility index (Phi) is 4.73. The molecule has 2 heterocycles. The van der Waals surface area contributed by atoms with E-state index in [9.17, 15) is 23.1 Å². The van der Waals surface area contributed by atoms with Crippen LogP contribution in [0.25, 0.3) is 10.4 Å². The minimum absolute atomic E-state index is 0.146. The van der Waals surface area contributed by atoms with Gasteiger partial charge in [-0.15, -0.1) is 11.3 Å². The summed E-state index contributed by atoms with van der Waals surface area (Å²) in [5.41, 5.74) is -0.618. The number of anilines is 2. The summed E-state index contributed by atoms with van der Waals surface area (Å²) in [6, 6.07) is 6.37. The van der Waals surface area contributed by atoms with Gasteiger partial charge in [0.25, 0.3) is 0 Å². The van der Waals surface area contributed by atoms with Gasteiger partial charge in [-0.25, -0.2) is 15.0 Å². The van der Waals surface area contributed by atoms with Gasteiger partial charge in [-0.05, 0) is 74.8 Å². The van der Waals surface area contributed by atoms with Crippen LogP contribution in [-0.2, 0) is 16.6 Å². The molecule has 0 aliphatic heterocycles. The highest BCUT2D eigenvalue weighted by Crippen LogP contribution is 2.70. The fourth-order valence-corrected chi connectivity index (χ4v) is 6.48. The summed E-state index contributed by atoms with van der Waals surface area (Å²) in [6.45, 7) is 1.89. The second kappa shape index (κ2) is 7.33. The molecule has 1 aromatic carbocycles. The molecule has 35 heavy (non-hydrogen) atoms. The summed E-state index contributed by atoms with van der Waals surface area (Å²) in [6.07, 6.45) is 2.47. The van der Waals surface area contributed by atoms with Gasteiger partial charge in [0.15, 0.2) is 0 Å². The first-order chi connectivity index (χ1) is 16.5. The Balaban J connectivity index is 1.28. The Labute approximate surface area is 203 Å². The highest BCUT2D eigenvalue weighted by atomic mass is 32.1. The minimum Gasteiger partial charge on any atom is -0.383 e. The molecule has 0 saturated heterocycles. The molecule has 0 amide bonds. The van der Waals surface area contributed by atoms with Crippen molar-refractivity contribution in [3.8, 4) is 10.4 Å². The van der Waals surface area contributed by atoms with E-state index >= 15 is 0 Å². The number of rotatable bonds is 4. The summed E-state index contributed by atoms with van der Waals surface area (Å²) in [4.78, 5) is 25.8. The van der Waals surface area contributed by atoms with E-state index in [0.29, 0.717) is 29.3 Å². The molecule has 6 nitrogen and oxygen atoms in total. The number of halogens is 3. The van der Waals surface area contributed by atoms with Crippen LogP contribution in [0.1, 0.15) is 54.8 Å². The molecular formula is C25H23F3N4O2S. The standard InChI is InChI=1S/C25H23F3N4O2S/c1-14-8-15(10-16(9-14)31-21-29-7-2-18(32-21)25(26,27)28)17-11-30-20(35-17)24(34)12-22(3-4-22)19(33)23(13-24)5-6-23/h2,7-11,34H,3-6,12-13H2,1H3,(H,29,31,32). The molecule has 3 fully saturated rings. The van der Waals surface area contributed by atoms with Crippen LogP contribution in [0.15, 0.2) is 36.7 Å². The van der Waals surface area contributed by atoms with Gasteiger partial charge >= 0.3 is 6.18 Å². The van der Waals surface area contributed by atoms with Crippen LogP contribution in [0.2, 0.25) is 0 Å². The Morgan fingerprint density at radius 3 is 2.37 bits per heavy atom. The van der Waals surface area contributed by atoms with E-state index in [1.807, 2.05) is 13.0 Å². The second-order valence-corrected chi connectivity index (χ2v) is 11.3. The quantitative estimate of drug-likeness (QED) is 0.472. The first-order valence-corrected chi connectivity index (χ1v) is 12.4. The maximum Gasteiger partial charge on any atom is 0.433 e. The molecule has 6 rings (SSSR count). The zero-order valence-corrected chi connectivity index (χ0v) is 19.8. The zero-order valence-electron chi connectivity index (χ0n) is 18.9. The highest BCUT2D eigenvalue weighted by molar-refractivity contribution is 7.15. The van der Waals surface area contributed by atoms with Crippen molar-refractivity contribution in [3.05, 3.63) is 52.9 Å². The third-order valence-corrected chi connectivity index (χ3v) is 8.64. The SMILES string of the molecule is Cc1cc(Nc2nccc(C(F)(F)F)n2)cc(-c2cnc(C3(O)CC4(CC4)C(=O)C4(CC4)C3)s2)c1. The van der Waals surface area contributed by atoms with Crippen molar-refractivity contribution >= 4 is 28.8 Å². The van der Waals surface area contributed by atoms with Gasteiger partial charge in [-0.3, -0.25) is 4.79 Å². The number of aromatic nitrogens is 3. The maximum absolute atomic E-state index is 13.0. The van der Waals surface area contributed by atoms with Crippen LogP contribution in [0.3, 0.4) is 0 Å². The third kappa shape index (κ3) is 3.92. The molecule has 10 heteroatoms. The van der Waals surface area contributed by atoms with Gasteiger partial charge < -0.3 is 10.4 Å². The van der Waals surface area contributed by atoms with Crippen LogP contribution < -0.4 is 5.32 Å². The molecule has 0 bridgehead atoms. The molecule has 2 aromatic heterocycles. The Morgan fingerprint density at radius 2 is 1.74 bits per heavy atom. The van der Waals surface area contributed by atoms with Crippen LogP contribution in [0, 0.1) is 17.8 Å². The predicted octanol–water partition coefficient (Wildman–Crippen LogP) is 5.78. The fourth-order valence-electron chi connectivity index (χ4n) is 5.49. The van der Waals surface area contributed by atoms with Crippen LogP contribution in [-0.4, -0.2) is 25.8 Å². The second-order valence-electron chi connectivity index (χ2n) is 10.3. The normalized spacial score (nSPS) is 24.1. The highest BCUT2D eigenvalue weighted by Gasteiger charge is 2.69. The first kappa shape index (κ1) is 22.6. The number of carbonyl (C=O) groups is 1. The number of aryl methyl sites for hydroxylation is 1. The lowest BCUT2D eigenvalue weighted by molar-refractivity contribution is -0.144. The van der Waals surface area contributed by atoms with Crippen molar-refractivity contribution in [3.63, 3.8) is 0 Å². The first-order valence-electron chi connectivity index (χ1n) is 11.5. The van der Waals surface area contributed by atoms with Gasteiger partial charge in [0.1, 0.15) is 22.1 Å². The van der Waals surface area contributed by atoms with E-state index in [-0.39, 0.29) is 16.8 Å². The maximum atomic E-state index is 13.0. The van der Waals surface area contributed by atoms with Crippen molar-refractivity contribution in [2.75, 3.05) is 5.32 Å². The summed E-state index contributed by atoms with van der Waals surface area (Å²) in [5, 5.41) is 15.1. The third-order valence-electron chi connectivity index (χ3n) is 7.40. The Hall–Kier alpha value is -2.85. The number of ketones is 1. The van der Waals surface area contributed by atoms with Crippen LogP contribution in [0.4, 0.5) is 24.8 Å². The number of alkyl halides is 3. The number of benzene rings is 1. The van der Waals surface area contributed by atoms with Gasteiger partial charge in [0, 0.05) is 28.9 Å². The topological polar surface area (TPSA) is 88.0 Å². The Morgan fingerprint density at radius 1 is 1.06 bits per heavy atom. The number of nitrogens with one attached hydrogen (secondary N) is 1. The van der Waals surface area contributed by atoms with E-state index in [4.69, 9.17) is 0 Å². The van der Waals surface area contributed by atoms with Crippen molar-refractivity contribution in [1.82, 2.24) is 15.0 Å². The number of thiazole rings is 1. The number of Topliss-reactive ketones (excluding diaryl/α,β-unsaturated/α-hetero) is 1. The van der Waals surface area contributed by atoms with Crippen molar-refractivity contribution in [1.29, 1.82) is 0 Å². The fraction of sp³-hybridized carbons (Fsp3) is 0.440. The summed E-state index contributed by atoms with van der Waals surface area (Å²) < 4.78 is 39.0. The largest absolute Gasteiger partial charge is 0.433 e. The number of carbonyl (C=O) groups excluding carboxylic acids is 1. The van der Waals surface area contributed by atoms with Gasteiger partial charge in [0.2, 0.25) is 5.95 Å². The van der Waals surface area contributed by atoms with E-state index in [0.717, 1.165) is 54.0 Å².